The average Bonchev–Trinajstić information content (AvgIpc) is 2.68. The quantitative estimate of drug-likeness (QED) is 0.742. The normalized spacial score (nSPS) is 10.2. The third kappa shape index (κ3) is 3.70. The molecule has 6 nitrogen and oxygen atoms in total. The van der Waals surface area contributed by atoms with Crippen LogP contribution in [0.5, 0.6) is 0 Å². The number of benzene rings is 2. The average molecular weight is 346 g/mol. The first-order valence-corrected chi connectivity index (χ1v) is 8.00. The van der Waals surface area contributed by atoms with Gasteiger partial charge >= 0.3 is 0 Å². The first-order chi connectivity index (χ1) is 12.6. The monoisotopic (exact) mass is 346 g/mol. The standard InChI is InChI=1S/C20H18N4O2/c1-24(16-9-11-22-12-10-16)18-8-3-2-7-17(18)20(26)23-15-6-4-5-14(13-15)19(21)25/h2-13H,1H3,(H2,21,25)(H,23,26). The minimum Gasteiger partial charge on any atom is -0.366 e. The molecule has 0 aliphatic heterocycles. The maximum atomic E-state index is 12.8. The number of anilines is 3. The second kappa shape index (κ2) is 7.48. The molecule has 0 aliphatic rings. The van der Waals surface area contributed by atoms with Gasteiger partial charge in [-0.3, -0.25) is 14.6 Å². The van der Waals surface area contributed by atoms with Crippen molar-refractivity contribution >= 4 is 28.9 Å². The molecule has 0 radical (unpaired) electrons. The number of rotatable bonds is 5. The van der Waals surface area contributed by atoms with Gasteiger partial charge in [-0.05, 0) is 42.5 Å². The third-order valence-corrected chi connectivity index (χ3v) is 3.97. The largest absolute Gasteiger partial charge is 0.366 e. The summed E-state index contributed by atoms with van der Waals surface area (Å²) in [4.78, 5) is 30.0. The van der Waals surface area contributed by atoms with E-state index in [9.17, 15) is 9.59 Å². The van der Waals surface area contributed by atoms with Crippen LogP contribution in [0.3, 0.4) is 0 Å². The van der Waals surface area contributed by atoms with Gasteiger partial charge in [0.05, 0.1) is 11.3 Å². The number of carbonyl (C=O) groups is 2. The van der Waals surface area contributed by atoms with E-state index in [2.05, 4.69) is 10.3 Å². The van der Waals surface area contributed by atoms with E-state index in [1.165, 1.54) is 0 Å². The Morgan fingerprint density at radius 3 is 2.46 bits per heavy atom. The van der Waals surface area contributed by atoms with E-state index < -0.39 is 5.91 Å². The lowest BCUT2D eigenvalue weighted by Gasteiger charge is -2.22. The first kappa shape index (κ1) is 17.2. The van der Waals surface area contributed by atoms with Gasteiger partial charge in [0.15, 0.2) is 0 Å². The molecule has 3 N–H and O–H groups in total. The number of nitrogens with two attached hydrogens (primary N) is 1. The summed E-state index contributed by atoms with van der Waals surface area (Å²) in [5, 5.41) is 2.81. The van der Waals surface area contributed by atoms with Crippen molar-refractivity contribution in [3.63, 3.8) is 0 Å². The number of primary amides is 1. The van der Waals surface area contributed by atoms with Gasteiger partial charge in [0.2, 0.25) is 5.91 Å². The molecule has 0 fully saturated rings. The summed E-state index contributed by atoms with van der Waals surface area (Å²) in [6.07, 6.45) is 3.40. The molecule has 1 aromatic heterocycles. The molecule has 0 unspecified atom stereocenters. The Labute approximate surface area is 151 Å². The van der Waals surface area contributed by atoms with Gasteiger partial charge < -0.3 is 16.0 Å². The Bertz CT molecular complexity index is 941. The Hall–Kier alpha value is -3.67. The summed E-state index contributed by atoms with van der Waals surface area (Å²) in [6.45, 7) is 0. The highest BCUT2D eigenvalue weighted by Crippen LogP contribution is 2.27. The molecule has 6 heteroatoms. The molecule has 0 bridgehead atoms. The Morgan fingerprint density at radius 1 is 1.00 bits per heavy atom. The van der Waals surface area contributed by atoms with E-state index in [0.717, 1.165) is 11.4 Å². The highest BCUT2D eigenvalue weighted by molar-refractivity contribution is 6.09. The van der Waals surface area contributed by atoms with E-state index in [4.69, 9.17) is 5.73 Å². The van der Waals surface area contributed by atoms with E-state index in [1.54, 1.807) is 48.8 Å². The molecule has 0 spiro atoms. The van der Waals surface area contributed by atoms with Gasteiger partial charge in [-0.25, -0.2) is 0 Å². The second-order valence-electron chi connectivity index (χ2n) is 5.68. The molecule has 0 saturated heterocycles. The lowest BCUT2D eigenvalue weighted by atomic mass is 10.1. The van der Waals surface area contributed by atoms with Crippen molar-refractivity contribution in [3.8, 4) is 0 Å². The van der Waals surface area contributed by atoms with Crippen molar-refractivity contribution in [2.75, 3.05) is 17.3 Å². The third-order valence-electron chi connectivity index (χ3n) is 3.97. The molecule has 0 aliphatic carbocycles. The molecule has 130 valence electrons. The Balaban J connectivity index is 1.89. The summed E-state index contributed by atoms with van der Waals surface area (Å²) in [6, 6.07) is 17.6. The minimum absolute atomic E-state index is 0.275. The van der Waals surface area contributed by atoms with Crippen molar-refractivity contribution in [2.24, 2.45) is 5.73 Å². The SMILES string of the molecule is CN(c1ccncc1)c1ccccc1C(=O)Nc1cccc(C(N)=O)c1. The number of amides is 2. The maximum Gasteiger partial charge on any atom is 0.257 e. The lowest BCUT2D eigenvalue weighted by molar-refractivity contribution is 0.0996. The summed E-state index contributed by atoms with van der Waals surface area (Å²) in [5.41, 5.74) is 8.31. The van der Waals surface area contributed by atoms with Crippen molar-refractivity contribution in [1.82, 2.24) is 4.98 Å². The number of pyridine rings is 1. The van der Waals surface area contributed by atoms with Crippen LogP contribution < -0.4 is 16.0 Å². The Kier molecular flexibility index (Phi) is 4.94. The number of hydrogen-bond donors (Lipinski definition) is 2. The minimum atomic E-state index is -0.543. The smallest absolute Gasteiger partial charge is 0.257 e. The van der Waals surface area contributed by atoms with Gasteiger partial charge in [0.25, 0.3) is 5.91 Å². The number of nitrogens with one attached hydrogen (secondary N) is 1. The van der Waals surface area contributed by atoms with Gasteiger partial charge in [0.1, 0.15) is 0 Å². The predicted octanol–water partition coefficient (Wildman–Crippen LogP) is 3.20. The van der Waals surface area contributed by atoms with Gasteiger partial charge in [0, 0.05) is 36.4 Å². The zero-order valence-corrected chi connectivity index (χ0v) is 14.2. The summed E-state index contributed by atoms with van der Waals surface area (Å²) in [7, 11) is 1.88. The van der Waals surface area contributed by atoms with Crippen LogP contribution in [0.2, 0.25) is 0 Å². The van der Waals surface area contributed by atoms with E-state index >= 15 is 0 Å². The molecular formula is C20H18N4O2. The highest BCUT2D eigenvalue weighted by atomic mass is 16.2. The highest BCUT2D eigenvalue weighted by Gasteiger charge is 2.15. The molecule has 0 atom stereocenters. The molecule has 2 aromatic carbocycles. The number of para-hydroxylation sites is 1. The summed E-state index contributed by atoms with van der Waals surface area (Å²) in [5.74, 6) is -0.818. The van der Waals surface area contributed by atoms with Crippen LogP contribution in [0.15, 0.2) is 73.1 Å². The van der Waals surface area contributed by atoms with Gasteiger partial charge in [-0.1, -0.05) is 18.2 Å². The molecule has 3 aromatic rings. The van der Waals surface area contributed by atoms with Crippen LogP contribution in [-0.2, 0) is 0 Å². The zero-order chi connectivity index (χ0) is 18.5. The van der Waals surface area contributed by atoms with Crippen LogP contribution in [0, 0.1) is 0 Å². The van der Waals surface area contributed by atoms with E-state index in [1.807, 2.05) is 36.2 Å². The fraction of sp³-hybridized carbons (Fsp3) is 0.0500. The van der Waals surface area contributed by atoms with Gasteiger partial charge in [-0.15, -0.1) is 0 Å². The van der Waals surface area contributed by atoms with Crippen LogP contribution in [-0.4, -0.2) is 23.8 Å². The number of carbonyl (C=O) groups excluding carboxylic acids is 2. The van der Waals surface area contributed by atoms with Crippen molar-refractivity contribution in [3.05, 3.63) is 84.2 Å². The number of hydrogen-bond acceptors (Lipinski definition) is 4. The molecular weight excluding hydrogens is 328 g/mol. The molecule has 3 rings (SSSR count). The van der Waals surface area contributed by atoms with E-state index in [-0.39, 0.29) is 5.91 Å². The fourth-order valence-corrected chi connectivity index (χ4v) is 2.61. The summed E-state index contributed by atoms with van der Waals surface area (Å²) >= 11 is 0. The number of nitrogens with zero attached hydrogens (tertiary/aromatic N) is 2. The molecule has 2 amide bonds. The van der Waals surface area contributed by atoms with Crippen molar-refractivity contribution < 1.29 is 9.59 Å². The van der Waals surface area contributed by atoms with Crippen LogP contribution in [0.25, 0.3) is 0 Å². The van der Waals surface area contributed by atoms with Crippen LogP contribution in [0.4, 0.5) is 17.1 Å². The lowest BCUT2D eigenvalue weighted by Crippen LogP contribution is -2.19. The summed E-state index contributed by atoms with van der Waals surface area (Å²) < 4.78 is 0. The topological polar surface area (TPSA) is 88.3 Å². The molecule has 0 saturated carbocycles. The molecule has 26 heavy (non-hydrogen) atoms. The van der Waals surface area contributed by atoms with E-state index in [0.29, 0.717) is 16.8 Å². The second-order valence-corrected chi connectivity index (χ2v) is 5.68. The zero-order valence-electron chi connectivity index (χ0n) is 14.2. The van der Waals surface area contributed by atoms with Crippen molar-refractivity contribution in [1.29, 1.82) is 0 Å². The number of aromatic nitrogens is 1. The molecule has 1 heterocycles. The Morgan fingerprint density at radius 2 is 1.73 bits per heavy atom. The van der Waals surface area contributed by atoms with Gasteiger partial charge in [-0.2, -0.15) is 0 Å². The van der Waals surface area contributed by atoms with Crippen LogP contribution >= 0.6 is 0 Å². The predicted molar refractivity (Wildman–Crippen MR) is 102 cm³/mol. The fourth-order valence-electron chi connectivity index (χ4n) is 2.61. The maximum absolute atomic E-state index is 12.8. The van der Waals surface area contributed by atoms with Crippen molar-refractivity contribution in [2.45, 2.75) is 0 Å². The van der Waals surface area contributed by atoms with Crippen LogP contribution in [0.1, 0.15) is 20.7 Å². The first-order valence-electron chi connectivity index (χ1n) is 8.00.